The number of ether oxygens (including phenoxy) is 1. The van der Waals surface area contributed by atoms with Crippen LogP contribution in [-0.2, 0) is 11.3 Å². The Balaban J connectivity index is 2.22. The molecule has 4 nitrogen and oxygen atoms in total. The molecule has 0 spiro atoms. The Morgan fingerprint density at radius 3 is 3.12 bits per heavy atom. The van der Waals surface area contributed by atoms with E-state index in [-0.39, 0.29) is 6.61 Å². The van der Waals surface area contributed by atoms with Crippen molar-refractivity contribution >= 4 is 5.69 Å². The monoisotopic (exact) mass is 236 g/mol. The second-order valence-electron chi connectivity index (χ2n) is 4.56. The summed E-state index contributed by atoms with van der Waals surface area (Å²) in [6, 6.07) is 2.05. The quantitative estimate of drug-likeness (QED) is 0.864. The smallest absolute Gasteiger partial charge is 0.0746 e. The van der Waals surface area contributed by atoms with E-state index in [2.05, 4.69) is 9.88 Å². The molecule has 1 fully saturated rings. The lowest BCUT2D eigenvalue weighted by Gasteiger charge is -2.34. The minimum atomic E-state index is 0.0385. The molecule has 0 saturated carbocycles. The van der Waals surface area contributed by atoms with Crippen LogP contribution in [0, 0.1) is 6.92 Å². The van der Waals surface area contributed by atoms with E-state index in [1.807, 2.05) is 13.0 Å². The number of aliphatic hydroxyl groups excluding tert-OH is 1. The third kappa shape index (κ3) is 2.76. The molecule has 17 heavy (non-hydrogen) atoms. The number of aromatic nitrogens is 1. The summed E-state index contributed by atoms with van der Waals surface area (Å²) in [7, 11) is 1.76. The van der Waals surface area contributed by atoms with Crippen LogP contribution >= 0.6 is 0 Å². The maximum atomic E-state index is 9.37. The van der Waals surface area contributed by atoms with E-state index in [0.717, 1.165) is 42.9 Å². The molecular formula is C13H20N2O2. The van der Waals surface area contributed by atoms with Gasteiger partial charge in [0.15, 0.2) is 0 Å². The van der Waals surface area contributed by atoms with Crippen LogP contribution in [0.4, 0.5) is 5.69 Å². The first-order chi connectivity index (χ1) is 8.24. The number of piperidine rings is 1. The van der Waals surface area contributed by atoms with E-state index in [4.69, 9.17) is 4.74 Å². The van der Waals surface area contributed by atoms with Crippen molar-refractivity contribution in [3.05, 3.63) is 23.5 Å². The zero-order chi connectivity index (χ0) is 12.3. The van der Waals surface area contributed by atoms with Gasteiger partial charge in [0.25, 0.3) is 0 Å². The topological polar surface area (TPSA) is 45.6 Å². The third-order valence-corrected chi connectivity index (χ3v) is 3.32. The highest BCUT2D eigenvalue weighted by Crippen LogP contribution is 2.25. The molecule has 2 rings (SSSR count). The summed E-state index contributed by atoms with van der Waals surface area (Å²) in [5.74, 6) is 0. The Bertz CT molecular complexity index is 382. The van der Waals surface area contributed by atoms with Gasteiger partial charge in [0, 0.05) is 43.3 Å². The van der Waals surface area contributed by atoms with E-state index in [9.17, 15) is 5.11 Å². The van der Waals surface area contributed by atoms with Crippen LogP contribution in [0.2, 0.25) is 0 Å². The first kappa shape index (κ1) is 12.3. The SMILES string of the molecule is COC1CCCN(c2cc(C)ncc2CO)C1. The standard InChI is InChI=1S/C13H20N2O2/c1-10-6-13(11(9-16)7-14-10)15-5-3-4-12(8-15)17-2/h6-7,12,16H,3-5,8-9H2,1-2H3. The molecule has 0 aromatic carbocycles. The van der Waals surface area contributed by atoms with Gasteiger partial charge >= 0.3 is 0 Å². The van der Waals surface area contributed by atoms with Gasteiger partial charge in [-0.2, -0.15) is 0 Å². The zero-order valence-electron chi connectivity index (χ0n) is 10.5. The van der Waals surface area contributed by atoms with E-state index >= 15 is 0 Å². The fourth-order valence-corrected chi connectivity index (χ4v) is 2.34. The number of pyridine rings is 1. The Kier molecular flexibility index (Phi) is 3.97. The molecule has 0 radical (unpaired) electrons. The van der Waals surface area contributed by atoms with Crippen molar-refractivity contribution < 1.29 is 9.84 Å². The van der Waals surface area contributed by atoms with Gasteiger partial charge in [0.05, 0.1) is 12.7 Å². The molecule has 1 atom stereocenters. The molecule has 2 heterocycles. The van der Waals surface area contributed by atoms with Crippen LogP contribution in [0.1, 0.15) is 24.1 Å². The maximum Gasteiger partial charge on any atom is 0.0746 e. The fourth-order valence-electron chi connectivity index (χ4n) is 2.34. The van der Waals surface area contributed by atoms with Crippen LogP contribution in [0.15, 0.2) is 12.3 Å². The van der Waals surface area contributed by atoms with Gasteiger partial charge in [-0.3, -0.25) is 4.98 Å². The lowest BCUT2D eigenvalue weighted by atomic mass is 10.1. The van der Waals surface area contributed by atoms with Gasteiger partial charge < -0.3 is 14.7 Å². The van der Waals surface area contributed by atoms with Gasteiger partial charge in [0.1, 0.15) is 0 Å². The first-order valence-corrected chi connectivity index (χ1v) is 6.08. The van der Waals surface area contributed by atoms with E-state index in [0.29, 0.717) is 6.10 Å². The molecule has 0 aliphatic carbocycles. The van der Waals surface area contributed by atoms with Crippen LogP contribution in [0.5, 0.6) is 0 Å². The van der Waals surface area contributed by atoms with E-state index in [1.54, 1.807) is 13.3 Å². The van der Waals surface area contributed by atoms with Crippen LogP contribution in [0.3, 0.4) is 0 Å². The van der Waals surface area contributed by atoms with Crippen molar-refractivity contribution in [3.63, 3.8) is 0 Å². The van der Waals surface area contributed by atoms with Gasteiger partial charge in [-0.1, -0.05) is 0 Å². The minimum absolute atomic E-state index is 0.0385. The summed E-state index contributed by atoms with van der Waals surface area (Å²) < 4.78 is 5.43. The average Bonchev–Trinajstić information content (AvgIpc) is 2.39. The lowest BCUT2D eigenvalue weighted by molar-refractivity contribution is 0.0892. The summed E-state index contributed by atoms with van der Waals surface area (Å²) in [6.07, 6.45) is 4.31. The molecule has 0 bridgehead atoms. The number of anilines is 1. The molecule has 1 aromatic heterocycles. The lowest BCUT2D eigenvalue weighted by Crippen LogP contribution is -2.39. The van der Waals surface area contributed by atoms with Crippen LogP contribution < -0.4 is 4.90 Å². The van der Waals surface area contributed by atoms with Crippen LogP contribution in [0.25, 0.3) is 0 Å². The predicted molar refractivity (Wildman–Crippen MR) is 67.1 cm³/mol. The molecule has 0 amide bonds. The number of nitrogens with zero attached hydrogens (tertiary/aromatic N) is 2. The van der Waals surface area contributed by atoms with Gasteiger partial charge in [-0.15, -0.1) is 0 Å². The van der Waals surface area contributed by atoms with E-state index < -0.39 is 0 Å². The average molecular weight is 236 g/mol. The molecular weight excluding hydrogens is 216 g/mol. The molecule has 1 aliphatic heterocycles. The van der Waals surface area contributed by atoms with Crippen molar-refractivity contribution in [2.75, 3.05) is 25.1 Å². The molecule has 94 valence electrons. The number of hydrogen-bond donors (Lipinski definition) is 1. The number of aliphatic hydroxyl groups is 1. The van der Waals surface area contributed by atoms with Crippen LogP contribution in [-0.4, -0.2) is 36.4 Å². The summed E-state index contributed by atoms with van der Waals surface area (Å²) >= 11 is 0. The molecule has 1 unspecified atom stereocenters. The van der Waals surface area contributed by atoms with Crippen molar-refractivity contribution in [1.29, 1.82) is 0 Å². The molecule has 1 aromatic rings. The molecule has 1 aliphatic rings. The summed E-state index contributed by atoms with van der Waals surface area (Å²) in [6.45, 7) is 3.93. The number of rotatable bonds is 3. The highest BCUT2D eigenvalue weighted by Gasteiger charge is 2.21. The molecule has 1 saturated heterocycles. The Labute approximate surface area is 102 Å². The second kappa shape index (κ2) is 5.47. The first-order valence-electron chi connectivity index (χ1n) is 6.08. The summed E-state index contributed by atoms with van der Waals surface area (Å²) in [4.78, 5) is 6.52. The van der Waals surface area contributed by atoms with Gasteiger partial charge in [-0.25, -0.2) is 0 Å². The van der Waals surface area contributed by atoms with Crippen molar-refractivity contribution in [2.45, 2.75) is 32.5 Å². The normalized spacial score (nSPS) is 20.6. The highest BCUT2D eigenvalue weighted by atomic mass is 16.5. The number of methoxy groups -OCH3 is 1. The number of aryl methyl sites for hydroxylation is 1. The van der Waals surface area contributed by atoms with Crippen molar-refractivity contribution in [2.24, 2.45) is 0 Å². The Morgan fingerprint density at radius 2 is 2.41 bits per heavy atom. The molecule has 4 heteroatoms. The second-order valence-corrected chi connectivity index (χ2v) is 4.56. The van der Waals surface area contributed by atoms with Gasteiger partial charge in [-0.05, 0) is 25.8 Å². The van der Waals surface area contributed by atoms with Gasteiger partial charge in [0.2, 0.25) is 0 Å². The van der Waals surface area contributed by atoms with E-state index in [1.165, 1.54) is 0 Å². The minimum Gasteiger partial charge on any atom is -0.392 e. The predicted octanol–water partition coefficient (Wildman–Crippen LogP) is 1.50. The Hall–Kier alpha value is -1.13. The molecule has 1 N–H and O–H groups in total. The third-order valence-electron chi connectivity index (χ3n) is 3.32. The van der Waals surface area contributed by atoms with Crippen molar-refractivity contribution in [3.8, 4) is 0 Å². The number of hydrogen-bond acceptors (Lipinski definition) is 4. The zero-order valence-corrected chi connectivity index (χ0v) is 10.5. The van der Waals surface area contributed by atoms with Crippen molar-refractivity contribution in [1.82, 2.24) is 4.98 Å². The highest BCUT2D eigenvalue weighted by molar-refractivity contribution is 5.53. The summed E-state index contributed by atoms with van der Waals surface area (Å²) in [5, 5.41) is 9.37. The Morgan fingerprint density at radius 1 is 1.59 bits per heavy atom. The fraction of sp³-hybridized carbons (Fsp3) is 0.615. The summed E-state index contributed by atoms with van der Waals surface area (Å²) in [5.41, 5.74) is 2.98. The maximum absolute atomic E-state index is 9.37. The largest absolute Gasteiger partial charge is 0.392 e.